The van der Waals surface area contributed by atoms with Crippen molar-refractivity contribution in [2.45, 2.75) is 76.2 Å². The maximum absolute atomic E-state index is 13.4. The van der Waals surface area contributed by atoms with Crippen LogP contribution < -0.4 is 15.5 Å². The third-order valence-electron chi connectivity index (χ3n) is 13.7. The van der Waals surface area contributed by atoms with Gasteiger partial charge in [-0.25, -0.2) is 4.98 Å². The molecular weight excluding hydrogens is 818 g/mol. The van der Waals surface area contributed by atoms with Crippen LogP contribution in [0.15, 0.2) is 60.7 Å². The van der Waals surface area contributed by atoms with Crippen molar-refractivity contribution >= 4 is 52.2 Å². The summed E-state index contributed by atoms with van der Waals surface area (Å²) in [5.74, 6) is -1.66. The minimum Gasteiger partial charge on any atom is -0.396 e. The molecule has 4 fully saturated rings. The second kappa shape index (κ2) is 17.5. The number of halogens is 3. The highest BCUT2D eigenvalue weighted by atomic mass is 19.4. The molecule has 14 nitrogen and oxygen atoms in total. The summed E-state index contributed by atoms with van der Waals surface area (Å²) in [6.07, 6.45) is 0.807. The van der Waals surface area contributed by atoms with E-state index in [9.17, 15) is 42.3 Å². The van der Waals surface area contributed by atoms with E-state index in [1.165, 1.54) is 12.1 Å². The summed E-state index contributed by atoms with van der Waals surface area (Å²) in [6, 6.07) is 14.8. The lowest BCUT2D eigenvalue weighted by Gasteiger charge is -2.39. The number of nitrogens with zero attached hydrogens (tertiary/aromatic N) is 6. The predicted octanol–water partition coefficient (Wildman–Crippen LogP) is 5.47. The number of nitrogens with one attached hydrogen (secondary N) is 2. The molecule has 5 heterocycles. The second-order valence-electron chi connectivity index (χ2n) is 17.7. The Labute approximate surface area is 362 Å². The lowest BCUT2D eigenvalue weighted by atomic mass is 9.86. The number of hydrogen-bond acceptors (Lipinski definition) is 10. The zero-order valence-electron chi connectivity index (χ0n) is 34.9. The fourth-order valence-electron chi connectivity index (χ4n) is 10.1. The second-order valence-corrected chi connectivity index (χ2v) is 17.7. The van der Waals surface area contributed by atoms with E-state index >= 15 is 0 Å². The Hall–Kier alpha value is -5.65. The van der Waals surface area contributed by atoms with Gasteiger partial charge in [-0.3, -0.25) is 44.4 Å². The van der Waals surface area contributed by atoms with E-state index in [2.05, 4.69) is 31.4 Å². The molecule has 3 N–H and O–H groups in total. The molecule has 9 rings (SSSR count). The molecule has 1 aliphatic carbocycles. The van der Waals surface area contributed by atoms with E-state index < -0.39 is 47.3 Å². The van der Waals surface area contributed by atoms with Crippen LogP contribution in [-0.2, 0) is 22.3 Å². The number of fused-ring (bicyclic) bond motifs is 2. The van der Waals surface area contributed by atoms with Crippen LogP contribution in [0.5, 0.6) is 0 Å². The SMILES string of the molecule is O=C1CCC(N2C(=O)c3ccc(N4CCC(CN5CCN(Cc6ccc7c(c6)nc(NC(=O)c6cccc(C(F)(F)F)c6)n7C6CCC(CO)CC6)CC5)CC4)cc3C2=O)C(=O)N1. The van der Waals surface area contributed by atoms with E-state index in [0.717, 1.165) is 125 Å². The fraction of sp³-hybridized carbons (Fsp3) is 0.478. The number of benzene rings is 3. The van der Waals surface area contributed by atoms with Crippen LogP contribution >= 0.6 is 0 Å². The number of imidazole rings is 1. The van der Waals surface area contributed by atoms with Crippen LogP contribution in [0.3, 0.4) is 0 Å². The molecular formula is C46H51F3N8O6. The lowest BCUT2D eigenvalue weighted by Crippen LogP contribution is -2.54. The summed E-state index contributed by atoms with van der Waals surface area (Å²) in [7, 11) is 0. The Balaban J connectivity index is 0.793. The number of piperazine rings is 1. The van der Waals surface area contributed by atoms with Gasteiger partial charge in [0.1, 0.15) is 6.04 Å². The maximum Gasteiger partial charge on any atom is 0.416 e. The number of carbonyl (C=O) groups is 5. The third kappa shape index (κ3) is 8.82. The normalized spacial score (nSPS) is 23.1. The number of carbonyl (C=O) groups excluding carboxylic acids is 5. The smallest absolute Gasteiger partial charge is 0.396 e. The molecule has 0 bridgehead atoms. The maximum atomic E-state index is 13.4. The number of rotatable bonds is 10. The summed E-state index contributed by atoms with van der Waals surface area (Å²) in [4.78, 5) is 77.0. The highest BCUT2D eigenvalue weighted by molar-refractivity contribution is 6.23. The van der Waals surface area contributed by atoms with Crippen molar-refractivity contribution in [1.29, 1.82) is 0 Å². The molecule has 63 heavy (non-hydrogen) atoms. The molecule has 4 aliphatic heterocycles. The molecule has 0 spiro atoms. The number of alkyl halides is 3. The molecule has 1 unspecified atom stereocenters. The monoisotopic (exact) mass is 868 g/mol. The van der Waals surface area contributed by atoms with Crippen molar-refractivity contribution < 1.29 is 42.3 Å². The van der Waals surface area contributed by atoms with Crippen molar-refractivity contribution in [3.63, 3.8) is 0 Å². The van der Waals surface area contributed by atoms with Gasteiger partial charge in [-0.15, -0.1) is 0 Å². The van der Waals surface area contributed by atoms with Crippen LogP contribution in [0.2, 0.25) is 0 Å². The van der Waals surface area contributed by atoms with Crippen molar-refractivity contribution in [1.82, 2.24) is 29.6 Å². The van der Waals surface area contributed by atoms with Crippen molar-refractivity contribution in [2.75, 3.05) is 62.6 Å². The van der Waals surface area contributed by atoms with Crippen LogP contribution in [0.25, 0.3) is 11.0 Å². The van der Waals surface area contributed by atoms with Gasteiger partial charge in [0.25, 0.3) is 17.7 Å². The number of anilines is 2. The fourth-order valence-corrected chi connectivity index (χ4v) is 10.1. The summed E-state index contributed by atoms with van der Waals surface area (Å²) >= 11 is 0. The molecule has 3 saturated heterocycles. The van der Waals surface area contributed by atoms with Crippen LogP contribution in [0.4, 0.5) is 24.8 Å². The van der Waals surface area contributed by atoms with Gasteiger partial charge in [0, 0.05) is 82.7 Å². The highest BCUT2D eigenvalue weighted by Gasteiger charge is 2.45. The Bertz CT molecular complexity index is 2430. The molecule has 5 aliphatic rings. The molecule has 1 aromatic heterocycles. The van der Waals surface area contributed by atoms with Gasteiger partial charge in [-0.1, -0.05) is 12.1 Å². The topological polar surface area (TPSA) is 160 Å². The predicted molar refractivity (Wildman–Crippen MR) is 227 cm³/mol. The Morgan fingerprint density at radius 2 is 1.52 bits per heavy atom. The molecule has 332 valence electrons. The molecule has 1 saturated carbocycles. The van der Waals surface area contributed by atoms with Gasteiger partial charge >= 0.3 is 6.18 Å². The summed E-state index contributed by atoms with van der Waals surface area (Å²) in [5, 5.41) is 14.8. The van der Waals surface area contributed by atoms with Crippen molar-refractivity contribution in [3.05, 3.63) is 88.5 Å². The zero-order chi connectivity index (χ0) is 44.0. The molecule has 17 heteroatoms. The number of hydrogen-bond donors (Lipinski definition) is 3. The zero-order valence-corrected chi connectivity index (χ0v) is 34.9. The average Bonchev–Trinajstić information content (AvgIpc) is 3.76. The van der Waals surface area contributed by atoms with Crippen molar-refractivity contribution in [3.8, 4) is 0 Å². The Morgan fingerprint density at radius 3 is 2.24 bits per heavy atom. The first-order valence-electron chi connectivity index (χ1n) is 22.0. The van der Waals surface area contributed by atoms with E-state index in [4.69, 9.17) is 4.98 Å². The first-order valence-corrected chi connectivity index (χ1v) is 22.0. The molecule has 1 atom stereocenters. The largest absolute Gasteiger partial charge is 0.416 e. The molecule has 3 aromatic carbocycles. The van der Waals surface area contributed by atoms with Gasteiger partial charge in [0.2, 0.25) is 17.8 Å². The molecule has 4 aromatic rings. The standard InChI is InChI=1S/C46H51F3N8O6/c47-46(48,49)32-3-1-2-31(23-32)41(60)52-45-50-37-22-30(6-11-38(37)56(45)33-7-4-29(27-58)5-8-33)26-54-20-18-53(19-21-54)25-28-14-16-55(17-15-28)34-9-10-35-36(24-34)44(63)57(43(35)62)39-12-13-40(59)51-42(39)61/h1-3,6,9-11,22-24,28-29,33,39,58H,4-5,7-8,12-21,25-27H2,(H,50,52,60)(H,51,59,61). The van der Waals surface area contributed by atoms with Gasteiger partial charge < -0.3 is 19.5 Å². The molecule has 0 radical (unpaired) electrons. The highest BCUT2D eigenvalue weighted by Crippen LogP contribution is 2.38. The van der Waals surface area contributed by atoms with Crippen LogP contribution in [-0.4, -0.2) is 117 Å². The summed E-state index contributed by atoms with van der Waals surface area (Å²) in [5.41, 5.74) is 3.07. The van der Waals surface area contributed by atoms with Crippen LogP contribution in [0, 0.1) is 11.8 Å². The summed E-state index contributed by atoms with van der Waals surface area (Å²) in [6.45, 7) is 7.15. The minimum absolute atomic E-state index is 0.0114. The number of aliphatic hydroxyl groups excluding tert-OH is 1. The quantitative estimate of drug-likeness (QED) is 0.175. The lowest BCUT2D eigenvalue weighted by molar-refractivity contribution is -0.138. The van der Waals surface area contributed by atoms with E-state index in [0.29, 0.717) is 22.9 Å². The Morgan fingerprint density at radius 1 is 0.794 bits per heavy atom. The van der Waals surface area contributed by atoms with E-state index in [1.54, 1.807) is 12.1 Å². The number of piperidine rings is 2. The first kappa shape index (κ1) is 42.6. The van der Waals surface area contributed by atoms with Crippen molar-refractivity contribution in [2.24, 2.45) is 11.8 Å². The van der Waals surface area contributed by atoms with Gasteiger partial charge in [0.05, 0.1) is 27.7 Å². The van der Waals surface area contributed by atoms with Gasteiger partial charge in [0.15, 0.2) is 0 Å². The number of aromatic nitrogens is 2. The number of amides is 5. The van der Waals surface area contributed by atoms with E-state index in [-0.39, 0.29) is 42.5 Å². The average molecular weight is 869 g/mol. The van der Waals surface area contributed by atoms with E-state index in [1.807, 2.05) is 22.8 Å². The van der Waals surface area contributed by atoms with Gasteiger partial charge in [-0.2, -0.15) is 13.2 Å². The Kier molecular flexibility index (Phi) is 11.8. The van der Waals surface area contributed by atoms with Gasteiger partial charge in [-0.05, 0) is 111 Å². The minimum atomic E-state index is -4.58. The third-order valence-corrected chi connectivity index (χ3v) is 13.7. The van der Waals surface area contributed by atoms with Crippen LogP contribution in [0.1, 0.15) is 99.6 Å². The number of imide groups is 2. The molecule has 5 amide bonds. The first-order chi connectivity index (χ1) is 30.3. The summed E-state index contributed by atoms with van der Waals surface area (Å²) < 4.78 is 42.4. The number of aliphatic hydroxyl groups is 1.